The number of hydrogen-bond acceptors (Lipinski definition) is 5. The van der Waals surface area contributed by atoms with E-state index in [0.29, 0.717) is 33.0 Å². The molecule has 4 rings (SSSR count). The maximum absolute atomic E-state index is 12.8. The van der Waals surface area contributed by atoms with Gasteiger partial charge in [0.15, 0.2) is 10.8 Å². The van der Waals surface area contributed by atoms with Crippen LogP contribution in [0, 0.1) is 13.8 Å². The van der Waals surface area contributed by atoms with Crippen LogP contribution in [-0.4, -0.2) is 25.9 Å². The Morgan fingerprint density at radius 2 is 1.93 bits per heavy atom. The van der Waals surface area contributed by atoms with Crippen molar-refractivity contribution in [1.29, 1.82) is 0 Å². The van der Waals surface area contributed by atoms with Crippen molar-refractivity contribution in [3.63, 3.8) is 0 Å². The highest BCUT2D eigenvalue weighted by Gasteiger charge is 2.20. The van der Waals surface area contributed by atoms with Crippen molar-refractivity contribution in [2.24, 2.45) is 0 Å². The monoisotopic (exact) mass is 457 g/mol. The van der Waals surface area contributed by atoms with Crippen LogP contribution in [0.15, 0.2) is 48.5 Å². The van der Waals surface area contributed by atoms with Crippen LogP contribution >= 0.6 is 34.5 Å². The second kappa shape index (κ2) is 8.55. The van der Waals surface area contributed by atoms with Gasteiger partial charge in [-0.25, -0.2) is 9.67 Å². The zero-order chi connectivity index (χ0) is 21.3. The third-order valence-electron chi connectivity index (χ3n) is 4.56. The first kappa shape index (κ1) is 20.5. The van der Waals surface area contributed by atoms with E-state index in [1.807, 2.05) is 49.4 Å². The van der Waals surface area contributed by atoms with Crippen LogP contribution < -0.4 is 5.32 Å². The van der Waals surface area contributed by atoms with Crippen LogP contribution in [0.5, 0.6) is 0 Å². The summed E-state index contributed by atoms with van der Waals surface area (Å²) in [4.78, 5) is 18.3. The molecule has 152 valence electrons. The normalized spacial score (nSPS) is 10.9. The molecular weight excluding hydrogens is 441 g/mol. The van der Waals surface area contributed by atoms with Gasteiger partial charge in [-0.3, -0.25) is 10.1 Å². The van der Waals surface area contributed by atoms with Gasteiger partial charge < -0.3 is 0 Å². The van der Waals surface area contributed by atoms with E-state index in [9.17, 15) is 4.79 Å². The van der Waals surface area contributed by atoms with Gasteiger partial charge >= 0.3 is 0 Å². The molecule has 30 heavy (non-hydrogen) atoms. The number of nitrogens with zero attached hydrogens (tertiary/aromatic N) is 4. The largest absolute Gasteiger partial charge is 0.296 e. The highest BCUT2D eigenvalue weighted by atomic mass is 35.5. The van der Waals surface area contributed by atoms with Crippen molar-refractivity contribution in [2.75, 3.05) is 5.32 Å². The number of anilines is 1. The fourth-order valence-electron chi connectivity index (χ4n) is 3.03. The minimum Gasteiger partial charge on any atom is -0.296 e. The molecule has 0 aliphatic rings. The Morgan fingerprint density at radius 1 is 1.13 bits per heavy atom. The number of carbonyl (C=O) groups is 1. The number of para-hydroxylation sites is 1. The number of nitrogens with one attached hydrogen (secondary N) is 1. The van der Waals surface area contributed by atoms with Gasteiger partial charge in [-0.1, -0.05) is 52.7 Å². The second-order valence-corrected chi connectivity index (χ2v) is 8.60. The summed E-state index contributed by atoms with van der Waals surface area (Å²) in [6.07, 6.45) is 0.696. The van der Waals surface area contributed by atoms with Crippen LogP contribution in [0.3, 0.4) is 0 Å². The van der Waals surface area contributed by atoms with Crippen molar-refractivity contribution in [2.45, 2.75) is 20.3 Å². The number of aryl methyl sites for hydroxylation is 1. The Labute approximate surface area is 187 Å². The highest BCUT2D eigenvalue weighted by Crippen LogP contribution is 2.27. The molecule has 0 fully saturated rings. The smallest absolute Gasteiger partial charge is 0.279 e. The van der Waals surface area contributed by atoms with Gasteiger partial charge in [0.25, 0.3) is 5.91 Å². The van der Waals surface area contributed by atoms with Crippen LogP contribution in [-0.2, 0) is 6.42 Å². The average molecular weight is 458 g/mol. The third kappa shape index (κ3) is 4.23. The van der Waals surface area contributed by atoms with E-state index >= 15 is 0 Å². The molecule has 0 radical (unpaired) electrons. The predicted octanol–water partition coefficient (Wildman–Crippen LogP) is 5.49. The molecule has 0 unspecified atom stereocenters. The Hall–Kier alpha value is -2.74. The molecular formula is C21H17Cl2N5OS. The van der Waals surface area contributed by atoms with E-state index < -0.39 is 0 Å². The van der Waals surface area contributed by atoms with E-state index in [1.165, 1.54) is 11.3 Å². The predicted molar refractivity (Wildman–Crippen MR) is 120 cm³/mol. The Morgan fingerprint density at radius 3 is 2.70 bits per heavy atom. The Kier molecular flexibility index (Phi) is 5.85. The van der Waals surface area contributed by atoms with Gasteiger partial charge in [-0.2, -0.15) is 0 Å². The molecule has 4 aromatic rings. The number of carbonyl (C=O) groups excluding carboxylic acids is 1. The number of thiazole rings is 1. The SMILES string of the molecule is Cc1nc(NC(=O)c2nnn(-c3ccccc3Cl)c2C)sc1Cc1cccc(Cl)c1. The van der Waals surface area contributed by atoms with E-state index in [2.05, 4.69) is 20.6 Å². The first-order chi connectivity index (χ1) is 14.4. The van der Waals surface area contributed by atoms with Gasteiger partial charge in [-0.05, 0) is 43.7 Å². The van der Waals surface area contributed by atoms with Gasteiger partial charge in [0.2, 0.25) is 0 Å². The van der Waals surface area contributed by atoms with Crippen LogP contribution in [0.2, 0.25) is 10.0 Å². The summed E-state index contributed by atoms with van der Waals surface area (Å²) in [5, 5.41) is 12.7. The minimum atomic E-state index is -0.367. The summed E-state index contributed by atoms with van der Waals surface area (Å²) in [5.74, 6) is -0.367. The van der Waals surface area contributed by atoms with Gasteiger partial charge in [-0.15, -0.1) is 16.4 Å². The first-order valence-electron chi connectivity index (χ1n) is 9.11. The molecule has 2 aromatic heterocycles. The summed E-state index contributed by atoms with van der Waals surface area (Å²) in [5.41, 5.74) is 3.43. The van der Waals surface area contributed by atoms with Crippen molar-refractivity contribution in [3.8, 4) is 5.69 Å². The van der Waals surface area contributed by atoms with Crippen molar-refractivity contribution in [1.82, 2.24) is 20.0 Å². The fourth-order valence-corrected chi connectivity index (χ4v) is 4.45. The minimum absolute atomic E-state index is 0.221. The van der Waals surface area contributed by atoms with E-state index in [0.717, 1.165) is 16.1 Å². The van der Waals surface area contributed by atoms with Crippen LogP contribution in [0.1, 0.15) is 32.3 Å². The Balaban J connectivity index is 1.53. The summed E-state index contributed by atoms with van der Waals surface area (Å²) >= 11 is 13.7. The zero-order valence-electron chi connectivity index (χ0n) is 16.2. The molecule has 0 aliphatic heterocycles. The molecule has 1 N–H and O–H groups in total. The second-order valence-electron chi connectivity index (χ2n) is 6.68. The summed E-state index contributed by atoms with van der Waals surface area (Å²) in [6, 6.07) is 15.0. The molecule has 1 amide bonds. The van der Waals surface area contributed by atoms with E-state index in [4.69, 9.17) is 23.2 Å². The summed E-state index contributed by atoms with van der Waals surface area (Å²) in [6.45, 7) is 3.70. The van der Waals surface area contributed by atoms with E-state index in [1.54, 1.807) is 17.7 Å². The summed E-state index contributed by atoms with van der Waals surface area (Å²) in [7, 11) is 0. The molecule has 9 heteroatoms. The molecule has 6 nitrogen and oxygen atoms in total. The number of amides is 1. The molecule has 0 spiro atoms. The first-order valence-corrected chi connectivity index (χ1v) is 10.7. The number of hydrogen-bond donors (Lipinski definition) is 1. The van der Waals surface area contributed by atoms with Crippen molar-refractivity contribution in [3.05, 3.63) is 86.1 Å². The lowest BCUT2D eigenvalue weighted by molar-refractivity contribution is 0.102. The maximum atomic E-state index is 12.8. The molecule has 0 bridgehead atoms. The average Bonchev–Trinajstić information content (AvgIpc) is 3.24. The van der Waals surface area contributed by atoms with Crippen molar-refractivity contribution < 1.29 is 4.79 Å². The molecule has 2 aromatic carbocycles. The van der Waals surface area contributed by atoms with Crippen LogP contribution in [0.25, 0.3) is 5.69 Å². The fraction of sp³-hybridized carbons (Fsp3) is 0.143. The lowest BCUT2D eigenvalue weighted by atomic mass is 10.1. The lowest BCUT2D eigenvalue weighted by Gasteiger charge is -2.05. The third-order valence-corrected chi connectivity index (χ3v) is 6.18. The topological polar surface area (TPSA) is 72.7 Å². The summed E-state index contributed by atoms with van der Waals surface area (Å²) < 4.78 is 1.55. The van der Waals surface area contributed by atoms with Crippen LogP contribution in [0.4, 0.5) is 5.13 Å². The van der Waals surface area contributed by atoms with E-state index in [-0.39, 0.29) is 11.6 Å². The van der Waals surface area contributed by atoms with Gasteiger partial charge in [0.1, 0.15) is 0 Å². The number of halogens is 2. The standard InChI is InChI=1S/C21H17Cl2N5OS/c1-12-18(11-14-6-5-7-15(22)10-14)30-21(24-12)25-20(29)19-13(2)28(27-26-19)17-9-4-3-8-16(17)23/h3-10H,11H2,1-2H3,(H,24,25,29). The molecule has 0 aliphatic carbocycles. The molecule has 0 atom stereocenters. The van der Waals surface area contributed by atoms with Gasteiger partial charge in [0.05, 0.1) is 22.1 Å². The van der Waals surface area contributed by atoms with Gasteiger partial charge in [0, 0.05) is 16.3 Å². The quantitative estimate of drug-likeness (QED) is 0.429. The maximum Gasteiger partial charge on any atom is 0.279 e. The zero-order valence-corrected chi connectivity index (χ0v) is 18.5. The molecule has 2 heterocycles. The number of benzene rings is 2. The lowest BCUT2D eigenvalue weighted by Crippen LogP contribution is -2.14. The number of rotatable bonds is 5. The molecule has 0 saturated heterocycles. The van der Waals surface area contributed by atoms with Crippen molar-refractivity contribution >= 4 is 45.6 Å². The number of aromatic nitrogens is 4. The Bertz CT molecular complexity index is 1230. The highest BCUT2D eigenvalue weighted by molar-refractivity contribution is 7.15. The molecule has 0 saturated carbocycles.